The van der Waals surface area contributed by atoms with E-state index in [1.807, 2.05) is 20.8 Å². The highest BCUT2D eigenvalue weighted by Gasteiger charge is 2.23. The quantitative estimate of drug-likeness (QED) is 0.310. The van der Waals surface area contributed by atoms with Crippen molar-refractivity contribution in [2.24, 2.45) is 0 Å². The molecule has 2 N–H and O–H groups in total. The largest absolute Gasteiger partial charge is 0.383 e. The molecule has 11 nitrogen and oxygen atoms in total. The fourth-order valence-corrected chi connectivity index (χ4v) is 2.84. The molecule has 3 aromatic rings. The number of nitro groups is 1. The molecule has 168 valence electrons. The van der Waals surface area contributed by atoms with Gasteiger partial charge in [0.25, 0.3) is 17.5 Å². The summed E-state index contributed by atoms with van der Waals surface area (Å²) < 4.78 is 6.39. The van der Waals surface area contributed by atoms with Gasteiger partial charge in [0.05, 0.1) is 17.2 Å². The van der Waals surface area contributed by atoms with Crippen LogP contribution in [0.25, 0.3) is 5.95 Å². The highest BCUT2D eigenvalue weighted by molar-refractivity contribution is 6.04. The molecular formula is C21H25N7O4. The van der Waals surface area contributed by atoms with Crippen LogP contribution in [0.5, 0.6) is 0 Å². The van der Waals surface area contributed by atoms with Crippen LogP contribution in [-0.2, 0) is 10.2 Å². The average molecular weight is 439 g/mol. The van der Waals surface area contributed by atoms with Gasteiger partial charge in [0.2, 0.25) is 0 Å². The maximum atomic E-state index is 12.9. The van der Waals surface area contributed by atoms with Gasteiger partial charge in [0, 0.05) is 49.2 Å². The number of ether oxygens (including phenoxy) is 1. The minimum atomic E-state index is -0.536. The van der Waals surface area contributed by atoms with Crippen molar-refractivity contribution in [3.8, 4) is 5.95 Å². The Kier molecular flexibility index (Phi) is 6.79. The number of hydrogen-bond donors (Lipinski definition) is 2. The van der Waals surface area contributed by atoms with Crippen molar-refractivity contribution >= 4 is 23.1 Å². The molecule has 2 heterocycles. The van der Waals surface area contributed by atoms with Crippen LogP contribution in [0, 0.1) is 10.1 Å². The zero-order chi connectivity index (χ0) is 23.3. The van der Waals surface area contributed by atoms with E-state index in [1.165, 1.54) is 22.9 Å². The standard InChI is InChI=1S/C21H25N7O4/c1-21(2,3)17-13-18(27(26-17)20-23-8-5-9-24-20)25-19(29)14-6-7-15(22-10-11-32-4)16(12-14)28(30)31/h5-9,12-13,22H,10-11H2,1-4H3,(H,25,29). The Balaban J connectivity index is 1.92. The summed E-state index contributed by atoms with van der Waals surface area (Å²) in [5, 5.41) is 21.8. The maximum absolute atomic E-state index is 12.9. The van der Waals surface area contributed by atoms with E-state index in [9.17, 15) is 14.9 Å². The lowest BCUT2D eigenvalue weighted by Crippen LogP contribution is -2.17. The fourth-order valence-electron chi connectivity index (χ4n) is 2.84. The molecule has 0 fully saturated rings. The normalized spacial score (nSPS) is 11.2. The lowest BCUT2D eigenvalue weighted by molar-refractivity contribution is -0.384. The second-order valence-electron chi connectivity index (χ2n) is 7.99. The van der Waals surface area contributed by atoms with Crippen LogP contribution < -0.4 is 10.6 Å². The first kappa shape index (κ1) is 22.8. The van der Waals surface area contributed by atoms with Gasteiger partial charge in [-0.05, 0) is 18.2 Å². The van der Waals surface area contributed by atoms with Gasteiger partial charge in [0.1, 0.15) is 11.5 Å². The van der Waals surface area contributed by atoms with Gasteiger partial charge in [0.15, 0.2) is 0 Å². The van der Waals surface area contributed by atoms with Crippen LogP contribution >= 0.6 is 0 Å². The number of benzene rings is 1. The van der Waals surface area contributed by atoms with Gasteiger partial charge in [-0.15, -0.1) is 0 Å². The van der Waals surface area contributed by atoms with E-state index >= 15 is 0 Å². The maximum Gasteiger partial charge on any atom is 0.293 e. The number of aromatic nitrogens is 4. The van der Waals surface area contributed by atoms with Crippen LogP contribution in [0.2, 0.25) is 0 Å². The Bertz CT molecular complexity index is 1110. The zero-order valence-corrected chi connectivity index (χ0v) is 18.3. The Morgan fingerprint density at radius 1 is 1.22 bits per heavy atom. The summed E-state index contributed by atoms with van der Waals surface area (Å²) in [6.07, 6.45) is 3.15. The van der Waals surface area contributed by atoms with E-state index in [1.54, 1.807) is 31.6 Å². The lowest BCUT2D eigenvalue weighted by Gasteiger charge is -2.13. The third-order valence-corrected chi connectivity index (χ3v) is 4.54. The number of nitro benzene ring substituents is 1. The molecule has 0 atom stereocenters. The summed E-state index contributed by atoms with van der Waals surface area (Å²) in [6, 6.07) is 7.66. The number of amides is 1. The molecule has 0 aliphatic heterocycles. The number of carbonyl (C=O) groups excluding carboxylic acids is 1. The van der Waals surface area contributed by atoms with Gasteiger partial charge in [-0.2, -0.15) is 9.78 Å². The number of hydrogen-bond acceptors (Lipinski definition) is 8. The Morgan fingerprint density at radius 3 is 2.56 bits per heavy atom. The Labute approximate surface area is 185 Å². The third-order valence-electron chi connectivity index (χ3n) is 4.54. The number of rotatable bonds is 8. The molecule has 1 amide bonds. The Morgan fingerprint density at radius 2 is 1.94 bits per heavy atom. The summed E-state index contributed by atoms with van der Waals surface area (Å²) >= 11 is 0. The van der Waals surface area contributed by atoms with Gasteiger partial charge < -0.3 is 15.4 Å². The Hall–Kier alpha value is -3.86. The summed E-state index contributed by atoms with van der Waals surface area (Å²) in [6.45, 7) is 6.77. The number of methoxy groups -OCH3 is 1. The van der Waals surface area contributed by atoms with Crippen molar-refractivity contribution in [2.75, 3.05) is 30.9 Å². The van der Waals surface area contributed by atoms with Crippen LogP contribution in [0.4, 0.5) is 17.2 Å². The minimum absolute atomic E-state index is 0.132. The summed E-state index contributed by atoms with van der Waals surface area (Å²) in [4.78, 5) is 32.3. The second kappa shape index (κ2) is 9.52. The smallest absolute Gasteiger partial charge is 0.293 e. The van der Waals surface area contributed by atoms with Crippen LogP contribution in [0.1, 0.15) is 36.8 Å². The summed E-state index contributed by atoms with van der Waals surface area (Å²) in [5.74, 6) is 0.132. The fraction of sp³-hybridized carbons (Fsp3) is 0.333. The number of nitrogens with zero attached hydrogens (tertiary/aromatic N) is 5. The zero-order valence-electron chi connectivity index (χ0n) is 18.3. The molecular weight excluding hydrogens is 414 g/mol. The molecule has 0 radical (unpaired) electrons. The predicted molar refractivity (Wildman–Crippen MR) is 119 cm³/mol. The van der Waals surface area contributed by atoms with Crippen molar-refractivity contribution in [3.63, 3.8) is 0 Å². The van der Waals surface area contributed by atoms with E-state index in [2.05, 4.69) is 25.7 Å². The second-order valence-corrected chi connectivity index (χ2v) is 7.99. The topological polar surface area (TPSA) is 137 Å². The molecule has 0 aliphatic rings. The van der Waals surface area contributed by atoms with E-state index in [4.69, 9.17) is 4.74 Å². The molecule has 0 aliphatic carbocycles. The summed E-state index contributed by atoms with van der Waals surface area (Å²) in [5.41, 5.74) is 0.677. The minimum Gasteiger partial charge on any atom is -0.383 e. The highest BCUT2D eigenvalue weighted by Crippen LogP contribution is 2.28. The van der Waals surface area contributed by atoms with Crippen molar-refractivity contribution < 1.29 is 14.5 Å². The first-order chi connectivity index (χ1) is 15.2. The molecule has 0 spiro atoms. The molecule has 11 heteroatoms. The van der Waals surface area contributed by atoms with Crippen LogP contribution in [0.15, 0.2) is 42.7 Å². The predicted octanol–water partition coefficient (Wildman–Crippen LogP) is 3.18. The number of carbonyl (C=O) groups is 1. The van der Waals surface area contributed by atoms with Gasteiger partial charge in [-0.1, -0.05) is 20.8 Å². The van der Waals surface area contributed by atoms with Crippen molar-refractivity contribution in [1.29, 1.82) is 0 Å². The number of nitrogens with one attached hydrogen (secondary N) is 2. The van der Waals surface area contributed by atoms with Crippen molar-refractivity contribution in [2.45, 2.75) is 26.2 Å². The highest BCUT2D eigenvalue weighted by atomic mass is 16.6. The van der Waals surface area contributed by atoms with E-state index in [0.717, 1.165) is 5.69 Å². The van der Waals surface area contributed by atoms with E-state index in [-0.39, 0.29) is 16.7 Å². The van der Waals surface area contributed by atoms with Gasteiger partial charge >= 0.3 is 0 Å². The molecule has 0 saturated carbocycles. The van der Waals surface area contributed by atoms with Gasteiger partial charge in [-0.3, -0.25) is 14.9 Å². The van der Waals surface area contributed by atoms with Gasteiger partial charge in [-0.25, -0.2) is 9.97 Å². The third kappa shape index (κ3) is 5.24. The molecule has 1 aromatic carbocycles. The van der Waals surface area contributed by atoms with Crippen LogP contribution in [-0.4, -0.2) is 50.8 Å². The number of anilines is 2. The molecule has 3 rings (SSSR count). The van der Waals surface area contributed by atoms with Crippen molar-refractivity contribution in [3.05, 3.63) is 64.1 Å². The molecule has 32 heavy (non-hydrogen) atoms. The molecule has 0 unspecified atom stereocenters. The monoisotopic (exact) mass is 439 g/mol. The van der Waals surface area contributed by atoms with Crippen molar-refractivity contribution in [1.82, 2.24) is 19.7 Å². The lowest BCUT2D eigenvalue weighted by atomic mass is 9.92. The SMILES string of the molecule is COCCNc1ccc(C(=O)Nc2cc(C(C)(C)C)nn2-c2ncccn2)cc1[N+](=O)[O-]. The summed E-state index contributed by atoms with van der Waals surface area (Å²) in [7, 11) is 1.54. The first-order valence-electron chi connectivity index (χ1n) is 9.91. The first-order valence-corrected chi connectivity index (χ1v) is 9.91. The molecule has 2 aromatic heterocycles. The van der Waals surface area contributed by atoms with Crippen LogP contribution in [0.3, 0.4) is 0 Å². The van der Waals surface area contributed by atoms with E-state index < -0.39 is 10.8 Å². The molecule has 0 saturated heterocycles. The average Bonchev–Trinajstić information content (AvgIpc) is 3.19. The molecule has 0 bridgehead atoms. The van der Waals surface area contributed by atoms with E-state index in [0.29, 0.717) is 30.6 Å².